The van der Waals surface area contributed by atoms with Gasteiger partial charge in [0.25, 0.3) is 0 Å². The number of aliphatic carboxylic acids is 1. The van der Waals surface area contributed by atoms with Crippen molar-refractivity contribution in [2.24, 2.45) is 11.3 Å². The number of hydrogen-bond acceptors (Lipinski definition) is 2. The summed E-state index contributed by atoms with van der Waals surface area (Å²) in [6.45, 7) is 5.80. The monoisotopic (exact) mass is 213 g/mol. The highest BCUT2D eigenvalue weighted by molar-refractivity contribution is 5.71. The Morgan fingerprint density at radius 1 is 1.47 bits per heavy atom. The SMILES string of the molecule is CCCCCCC1(C)CNCC1C(=O)O. The van der Waals surface area contributed by atoms with E-state index in [1.165, 1.54) is 19.3 Å². The maximum atomic E-state index is 11.1. The molecule has 1 saturated heterocycles. The fraction of sp³-hybridized carbons (Fsp3) is 0.917. The molecule has 15 heavy (non-hydrogen) atoms. The summed E-state index contributed by atoms with van der Waals surface area (Å²) >= 11 is 0. The van der Waals surface area contributed by atoms with Crippen LogP contribution in [0.5, 0.6) is 0 Å². The molecule has 0 saturated carbocycles. The molecule has 2 unspecified atom stereocenters. The van der Waals surface area contributed by atoms with Crippen LogP contribution in [0.2, 0.25) is 0 Å². The van der Waals surface area contributed by atoms with Gasteiger partial charge in [-0.25, -0.2) is 0 Å². The minimum absolute atomic E-state index is 0.0282. The zero-order valence-corrected chi connectivity index (χ0v) is 9.88. The first-order chi connectivity index (χ1) is 7.10. The van der Waals surface area contributed by atoms with Gasteiger partial charge >= 0.3 is 5.97 Å². The first-order valence-electron chi connectivity index (χ1n) is 6.03. The Kier molecular flexibility index (Phi) is 4.58. The Labute approximate surface area is 92.3 Å². The van der Waals surface area contributed by atoms with Crippen molar-refractivity contribution in [3.63, 3.8) is 0 Å². The van der Waals surface area contributed by atoms with Crippen LogP contribution >= 0.6 is 0 Å². The molecule has 3 nitrogen and oxygen atoms in total. The molecule has 1 rings (SSSR count). The van der Waals surface area contributed by atoms with Gasteiger partial charge in [-0.2, -0.15) is 0 Å². The summed E-state index contributed by atoms with van der Waals surface area (Å²) in [6, 6.07) is 0. The van der Waals surface area contributed by atoms with Gasteiger partial charge < -0.3 is 10.4 Å². The van der Waals surface area contributed by atoms with Crippen LogP contribution in [0.15, 0.2) is 0 Å². The molecule has 0 radical (unpaired) electrons. The van der Waals surface area contributed by atoms with Crippen molar-refractivity contribution >= 4 is 5.97 Å². The van der Waals surface area contributed by atoms with E-state index in [1.807, 2.05) is 0 Å². The third kappa shape index (κ3) is 3.20. The van der Waals surface area contributed by atoms with Crippen LogP contribution in [-0.4, -0.2) is 24.2 Å². The van der Waals surface area contributed by atoms with Crippen molar-refractivity contribution in [1.82, 2.24) is 5.32 Å². The van der Waals surface area contributed by atoms with Crippen LogP contribution in [0, 0.1) is 11.3 Å². The van der Waals surface area contributed by atoms with Crippen molar-refractivity contribution < 1.29 is 9.90 Å². The molecular formula is C12H23NO2. The van der Waals surface area contributed by atoms with Crippen molar-refractivity contribution in [2.45, 2.75) is 46.0 Å². The van der Waals surface area contributed by atoms with Gasteiger partial charge in [0.1, 0.15) is 0 Å². The lowest BCUT2D eigenvalue weighted by molar-refractivity contribution is -0.144. The summed E-state index contributed by atoms with van der Waals surface area (Å²) in [5, 5.41) is 12.3. The van der Waals surface area contributed by atoms with Gasteiger partial charge in [-0.1, -0.05) is 39.5 Å². The van der Waals surface area contributed by atoms with Gasteiger partial charge in [0, 0.05) is 13.1 Å². The minimum Gasteiger partial charge on any atom is -0.481 e. The van der Waals surface area contributed by atoms with Crippen LogP contribution < -0.4 is 5.32 Å². The molecular weight excluding hydrogens is 190 g/mol. The Bertz CT molecular complexity index is 218. The molecule has 0 aromatic rings. The lowest BCUT2D eigenvalue weighted by Gasteiger charge is -2.27. The molecule has 0 amide bonds. The predicted octanol–water partition coefficient (Wildman–Crippen LogP) is 2.27. The van der Waals surface area contributed by atoms with Crippen molar-refractivity contribution in [3.05, 3.63) is 0 Å². The molecule has 0 aliphatic carbocycles. The number of carboxylic acid groups (broad SMARTS) is 1. The van der Waals surface area contributed by atoms with Gasteiger partial charge in [0.05, 0.1) is 5.92 Å². The summed E-state index contributed by atoms with van der Waals surface area (Å²) in [5.74, 6) is -0.836. The van der Waals surface area contributed by atoms with Crippen LogP contribution in [0.25, 0.3) is 0 Å². The van der Waals surface area contributed by atoms with Crippen molar-refractivity contribution in [2.75, 3.05) is 13.1 Å². The highest BCUT2D eigenvalue weighted by Gasteiger charge is 2.42. The maximum absolute atomic E-state index is 11.1. The molecule has 88 valence electrons. The van der Waals surface area contributed by atoms with Crippen LogP contribution in [0.1, 0.15) is 46.0 Å². The Morgan fingerprint density at radius 3 is 2.80 bits per heavy atom. The summed E-state index contributed by atoms with van der Waals surface area (Å²) in [4.78, 5) is 11.1. The molecule has 1 heterocycles. The second kappa shape index (κ2) is 5.50. The normalized spacial score (nSPS) is 30.7. The topological polar surface area (TPSA) is 49.3 Å². The fourth-order valence-corrected chi connectivity index (χ4v) is 2.48. The number of carbonyl (C=O) groups is 1. The van der Waals surface area contributed by atoms with E-state index < -0.39 is 5.97 Å². The summed E-state index contributed by atoms with van der Waals surface area (Å²) in [5.41, 5.74) is -0.0282. The molecule has 1 fully saturated rings. The summed E-state index contributed by atoms with van der Waals surface area (Å²) in [7, 11) is 0. The number of hydrogen-bond donors (Lipinski definition) is 2. The summed E-state index contributed by atoms with van der Waals surface area (Å²) < 4.78 is 0. The van der Waals surface area contributed by atoms with Gasteiger partial charge in [0.2, 0.25) is 0 Å². The Hall–Kier alpha value is -0.570. The van der Waals surface area contributed by atoms with E-state index in [2.05, 4.69) is 19.2 Å². The van der Waals surface area contributed by atoms with E-state index >= 15 is 0 Å². The molecule has 2 N–H and O–H groups in total. The molecule has 1 aliphatic heterocycles. The third-order valence-electron chi connectivity index (χ3n) is 3.62. The second-order valence-corrected chi connectivity index (χ2v) is 4.99. The van der Waals surface area contributed by atoms with Gasteiger partial charge in [-0.3, -0.25) is 4.79 Å². The lowest BCUT2D eigenvalue weighted by atomic mass is 9.76. The molecule has 0 aromatic heterocycles. The zero-order valence-electron chi connectivity index (χ0n) is 9.88. The summed E-state index contributed by atoms with van der Waals surface area (Å²) in [6.07, 6.45) is 5.93. The van der Waals surface area contributed by atoms with Gasteiger partial charge in [-0.05, 0) is 11.8 Å². The third-order valence-corrected chi connectivity index (χ3v) is 3.62. The van der Waals surface area contributed by atoms with E-state index in [0.29, 0.717) is 6.54 Å². The highest BCUT2D eigenvalue weighted by Crippen LogP contribution is 2.36. The quantitative estimate of drug-likeness (QED) is 0.665. The van der Waals surface area contributed by atoms with Crippen molar-refractivity contribution in [3.8, 4) is 0 Å². The van der Waals surface area contributed by atoms with E-state index in [9.17, 15) is 4.79 Å². The second-order valence-electron chi connectivity index (χ2n) is 4.99. The first kappa shape index (κ1) is 12.5. The number of rotatable bonds is 6. The van der Waals surface area contributed by atoms with E-state index in [1.54, 1.807) is 0 Å². The molecule has 1 aliphatic rings. The molecule has 2 atom stereocenters. The molecule has 0 spiro atoms. The largest absolute Gasteiger partial charge is 0.481 e. The lowest BCUT2D eigenvalue weighted by Crippen LogP contribution is -2.32. The maximum Gasteiger partial charge on any atom is 0.308 e. The highest BCUT2D eigenvalue weighted by atomic mass is 16.4. The number of unbranched alkanes of at least 4 members (excludes halogenated alkanes) is 3. The van der Waals surface area contributed by atoms with Crippen LogP contribution in [0.4, 0.5) is 0 Å². The van der Waals surface area contributed by atoms with Gasteiger partial charge in [0.15, 0.2) is 0 Å². The van der Waals surface area contributed by atoms with E-state index in [-0.39, 0.29) is 11.3 Å². The standard InChI is InChI=1S/C12H23NO2/c1-3-4-5-6-7-12(2)9-13-8-10(12)11(14)15/h10,13H,3-9H2,1-2H3,(H,14,15). The van der Waals surface area contributed by atoms with E-state index in [0.717, 1.165) is 19.4 Å². The molecule has 0 bridgehead atoms. The smallest absolute Gasteiger partial charge is 0.308 e. The first-order valence-corrected chi connectivity index (χ1v) is 6.03. The average Bonchev–Trinajstić information content (AvgIpc) is 2.56. The molecule has 3 heteroatoms. The molecule has 0 aromatic carbocycles. The minimum atomic E-state index is -0.641. The van der Waals surface area contributed by atoms with Crippen molar-refractivity contribution in [1.29, 1.82) is 0 Å². The Balaban J connectivity index is 2.39. The van der Waals surface area contributed by atoms with Gasteiger partial charge in [-0.15, -0.1) is 0 Å². The number of carboxylic acids is 1. The van der Waals surface area contributed by atoms with Crippen LogP contribution in [0.3, 0.4) is 0 Å². The van der Waals surface area contributed by atoms with E-state index in [4.69, 9.17) is 5.11 Å². The predicted molar refractivity (Wildman–Crippen MR) is 60.9 cm³/mol. The fourth-order valence-electron chi connectivity index (χ4n) is 2.48. The Morgan fingerprint density at radius 2 is 2.20 bits per heavy atom. The van der Waals surface area contributed by atoms with Crippen LogP contribution in [-0.2, 0) is 4.79 Å². The zero-order chi connectivity index (χ0) is 11.3. The number of nitrogens with one attached hydrogen (secondary N) is 1. The average molecular weight is 213 g/mol.